The van der Waals surface area contributed by atoms with Crippen molar-refractivity contribution in [1.82, 2.24) is 9.97 Å². The molecule has 0 saturated heterocycles. The van der Waals surface area contributed by atoms with Gasteiger partial charge in [0.2, 0.25) is 0 Å². The van der Waals surface area contributed by atoms with Crippen molar-refractivity contribution in [1.29, 1.82) is 0 Å². The van der Waals surface area contributed by atoms with E-state index in [1.165, 1.54) is 6.33 Å². The van der Waals surface area contributed by atoms with Gasteiger partial charge >= 0.3 is 0 Å². The summed E-state index contributed by atoms with van der Waals surface area (Å²) < 4.78 is 0. The van der Waals surface area contributed by atoms with Gasteiger partial charge in [-0.2, -0.15) is 0 Å². The van der Waals surface area contributed by atoms with E-state index in [-0.39, 0.29) is 6.04 Å². The Bertz CT molecular complexity index is 222. The highest BCUT2D eigenvalue weighted by Crippen LogP contribution is 1.99. The van der Waals surface area contributed by atoms with Gasteiger partial charge in [0.05, 0.1) is 0 Å². The highest BCUT2D eigenvalue weighted by Gasteiger charge is 1.94. The Balaban J connectivity index is 2.13. The molecule has 1 aromatic heterocycles. The van der Waals surface area contributed by atoms with E-state index in [9.17, 15) is 0 Å². The molecule has 72 valence electrons. The first-order valence-electron chi connectivity index (χ1n) is 4.54. The van der Waals surface area contributed by atoms with Crippen molar-refractivity contribution in [3.05, 3.63) is 18.6 Å². The lowest BCUT2D eigenvalue weighted by atomic mass is 10.2. The third-order valence-electron chi connectivity index (χ3n) is 1.72. The summed E-state index contributed by atoms with van der Waals surface area (Å²) in [5.74, 6) is 0.875. The predicted octanol–water partition coefficient (Wildman–Crippen LogP) is 1.02. The molecule has 1 aromatic rings. The zero-order valence-corrected chi connectivity index (χ0v) is 7.90. The van der Waals surface area contributed by atoms with Gasteiger partial charge in [-0.25, -0.2) is 9.97 Å². The van der Waals surface area contributed by atoms with Gasteiger partial charge in [-0.05, 0) is 25.8 Å². The number of hydrogen-bond donors (Lipinski definition) is 2. The molecule has 0 bridgehead atoms. The molecule has 1 rings (SSSR count). The van der Waals surface area contributed by atoms with Crippen LogP contribution in [-0.4, -0.2) is 22.6 Å². The monoisotopic (exact) mass is 180 g/mol. The maximum atomic E-state index is 5.62. The van der Waals surface area contributed by atoms with Crippen LogP contribution in [0.1, 0.15) is 19.8 Å². The van der Waals surface area contributed by atoms with E-state index in [1.807, 2.05) is 13.0 Å². The van der Waals surface area contributed by atoms with Gasteiger partial charge in [-0.15, -0.1) is 0 Å². The summed E-state index contributed by atoms with van der Waals surface area (Å²) in [5, 5.41) is 3.19. The molecule has 0 spiro atoms. The van der Waals surface area contributed by atoms with Crippen molar-refractivity contribution in [3.8, 4) is 0 Å². The van der Waals surface area contributed by atoms with Gasteiger partial charge in [-0.1, -0.05) is 0 Å². The summed E-state index contributed by atoms with van der Waals surface area (Å²) >= 11 is 0. The number of nitrogens with two attached hydrogens (primary N) is 1. The first-order chi connectivity index (χ1) is 6.29. The second-order valence-corrected chi connectivity index (χ2v) is 3.14. The SMILES string of the molecule is CC(N)CCCNc1ccncn1. The van der Waals surface area contributed by atoms with Crippen LogP contribution in [0.15, 0.2) is 18.6 Å². The van der Waals surface area contributed by atoms with E-state index in [0.717, 1.165) is 25.2 Å². The van der Waals surface area contributed by atoms with Crippen LogP contribution in [0.5, 0.6) is 0 Å². The van der Waals surface area contributed by atoms with Crippen LogP contribution in [0.4, 0.5) is 5.82 Å². The molecule has 0 amide bonds. The Morgan fingerprint density at radius 2 is 2.46 bits per heavy atom. The molecule has 1 heterocycles. The fourth-order valence-corrected chi connectivity index (χ4v) is 1.04. The standard InChI is InChI=1S/C9H16N4/c1-8(10)3-2-5-12-9-4-6-11-7-13-9/h4,6-8H,2-3,5,10H2,1H3,(H,11,12,13). The Morgan fingerprint density at radius 1 is 1.62 bits per heavy atom. The molecule has 0 aromatic carbocycles. The smallest absolute Gasteiger partial charge is 0.129 e. The van der Waals surface area contributed by atoms with Crippen LogP contribution in [-0.2, 0) is 0 Å². The van der Waals surface area contributed by atoms with E-state index in [0.29, 0.717) is 0 Å². The molecule has 0 radical (unpaired) electrons. The largest absolute Gasteiger partial charge is 0.370 e. The van der Waals surface area contributed by atoms with Gasteiger partial charge in [0, 0.05) is 18.8 Å². The van der Waals surface area contributed by atoms with Gasteiger partial charge < -0.3 is 11.1 Å². The molecular weight excluding hydrogens is 164 g/mol. The maximum Gasteiger partial charge on any atom is 0.129 e. The van der Waals surface area contributed by atoms with E-state index < -0.39 is 0 Å². The van der Waals surface area contributed by atoms with Crippen molar-refractivity contribution in [3.63, 3.8) is 0 Å². The summed E-state index contributed by atoms with van der Waals surface area (Å²) in [6, 6.07) is 2.14. The van der Waals surface area contributed by atoms with E-state index in [2.05, 4.69) is 15.3 Å². The molecule has 13 heavy (non-hydrogen) atoms. The molecular formula is C9H16N4. The van der Waals surface area contributed by atoms with Crippen molar-refractivity contribution in [2.45, 2.75) is 25.8 Å². The second-order valence-electron chi connectivity index (χ2n) is 3.14. The average molecular weight is 180 g/mol. The van der Waals surface area contributed by atoms with Crippen LogP contribution in [0.2, 0.25) is 0 Å². The first kappa shape index (κ1) is 9.92. The van der Waals surface area contributed by atoms with Crippen molar-refractivity contribution < 1.29 is 0 Å². The topological polar surface area (TPSA) is 63.8 Å². The third kappa shape index (κ3) is 4.42. The fourth-order valence-electron chi connectivity index (χ4n) is 1.04. The Labute approximate surface area is 78.6 Å². The van der Waals surface area contributed by atoms with Crippen LogP contribution in [0.3, 0.4) is 0 Å². The molecule has 0 saturated carbocycles. The lowest BCUT2D eigenvalue weighted by Gasteiger charge is -2.06. The Kier molecular flexibility index (Phi) is 4.18. The van der Waals surface area contributed by atoms with Crippen LogP contribution < -0.4 is 11.1 Å². The number of nitrogens with one attached hydrogen (secondary N) is 1. The lowest BCUT2D eigenvalue weighted by molar-refractivity contribution is 0.639. The Hall–Kier alpha value is -1.16. The van der Waals surface area contributed by atoms with Gasteiger partial charge in [0.15, 0.2) is 0 Å². The molecule has 1 atom stereocenters. The third-order valence-corrected chi connectivity index (χ3v) is 1.72. The zero-order valence-electron chi connectivity index (χ0n) is 7.90. The maximum absolute atomic E-state index is 5.62. The molecule has 0 aliphatic heterocycles. The van der Waals surface area contributed by atoms with E-state index >= 15 is 0 Å². The summed E-state index contributed by atoms with van der Waals surface area (Å²) in [5.41, 5.74) is 5.62. The number of aromatic nitrogens is 2. The first-order valence-corrected chi connectivity index (χ1v) is 4.54. The highest BCUT2D eigenvalue weighted by atomic mass is 15.0. The summed E-state index contributed by atoms with van der Waals surface area (Å²) in [7, 11) is 0. The highest BCUT2D eigenvalue weighted by molar-refractivity contribution is 5.30. The summed E-state index contributed by atoms with van der Waals surface area (Å²) in [4.78, 5) is 7.87. The minimum Gasteiger partial charge on any atom is -0.370 e. The molecule has 1 unspecified atom stereocenters. The summed E-state index contributed by atoms with van der Waals surface area (Å²) in [6.07, 6.45) is 5.37. The minimum absolute atomic E-state index is 0.284. The van der Waals surface area contributed by atoms with E-state index in [4.69, 9.17) is 5.73 Å². The van der Waals surface area contributed by atoms with Crippen LogP contribution >= 0.6 is 0 Å². The molecule has 0 aliphatic carbocycles. The van der Waals surface area contributed by atoms with Crippen molar-refractivity contribution in [2.24, 2.45) is 5.73 Å². The van der Waals surface area contributed by atoms with Crippen LogP contribution in [0, 0.1) is 0 Å². The average Bonchev–Trinajstić information content (AvgIpc) is 2.14. The zero-order chi connectivity index (χ0) is 9.52. The van der Waals surface area contributed by atoms with Gasteiger partial charge in [0.25, 0.3) is 0 Å². The summed E-state index contributed by atoms with van der Waals surface area (Å²) in [6.45, 7) is 2.93. The molecule has 3 N–H and O–H groups in total. The normalized spacial score (nSPS) is 12.5. The van der Waals surface area contributed by atoms with Crippen LogP contribution in [0.25, 0.3) is 0 Å². The molecule has 4 heteroatoms. The molecule has 0 fully saturated rings. The number of hydrogen-bond acceptors (Lipinski definition) is 4. The van der Waals surface area contributed by atoms with Crippen molar-refractivity contribution in [2.75, 3.05) is 11.9 Å². The number of nitrogens with zero attached hydrogens (tertiary/aromatic N) is 2. The Morgan fingerprint density at radius 3 is 3.08 bits per heavy atom. The van der Waals surface area contributed by atoms with Gasteiger partial charge in [-0.3, -0.25) is 0 Å². The predicted molar refractivity (Wildman–Crippen MR) is 53.4 cm³/mol. The second kappa shape index (κ2) is 5.48. The molecule has 4 nitrogen and oxygen atoms in total. The minimum atomic E-state index is 0.284. The lowest BCUT2D eigenvalue weighted by Crippen LogP contribution is -2.16. The molecule has 0 aliphatic rings. The van der Waals surface area contributed by atoms with Crippen molar-refractivity contribution >= 4 is 5.82 Å². The fraction of sp³-hybridized carbons (Fsp3) is 0.556. The quantitative estimate of drug-likeness (QED) is 0.664. The van der Waals surface area contributed by atoms with Gasteiger partial charge in [0.1, 0.15) is 12.1 Å². The number of rotatable bonds is 5. The number of anilines is 1. The van der Waals surface area contributed by atoms with E-state index in [1.54, 1.807) is 6.20 Å².